The van der Waals surface area contributed by atoms with Crippen LogP contribution in [-0.2, 0) is 9.59 Å². The van der Waals surface area contributed by atoms with Crippen molar-refractivity contribution in [1.29, 1.82) is 5.41 Å². The minimum Gasteiger partial charge on any atom is -0.388 e. The fraction of sp³-hybridized carbons (Fsp3) is 0.438. The van der Waals surface area contributed by atoms with Crippen molar-refractivity contribution in [1.82, 2.24) is 5.32 Å². The molecule has 1 aliphatic rings. The molecule has 2 amide bonds. The number of piperidine rings is 1. The Labute approximate surface area is 125 Å². The van der Waals surface area contributed by atoms with E-state index in [0.29, 0.717) is 12.0 Å². The van der Waals surface area contributed by atoms with E-state index in [9.17, 15) is 9.59 Å². The predicted octanol–water partition coefficient (Wildman–Crippen LogP) is 2.57. The molecule has 5 heteroatoms. The fourth-order valence-electron chi connectivity index (χ4n) is 2.26. The Bertz CT molecular complexity index is 554. The molecule has 21 heavy (non-hydrogen) atoms. The molecule has 0 aliphatic carbocycles. The number of imide groups is 1. The van der Waals surface area contributed by atoms with E-state index in [1.165, 1.54) is 0 Å². The minimum absolute atomic E-state index is 0.238. The van der Waals surface area contributed by atoms with Crippen LogP contribution in [0.5, 0.6) is 0 Å². The molecule has 0 saturated carbocycles. The molecule has 114 valence electrons. The largest absolute Gasteiger partial charge is 0.388 e. The average Bonchev–Trinajstić information content (AvgIpc) is 2.52. The molecule has 1 saturated heterocycles. The maximum atomic E-state index is 12.0. The van der Waals surface area contributed by atoms with Crippen molar-refractivity contribution in [3.8, 4) is 0 Å². The summed E-state index contributed by atoms with van der Waals surface area (Å²) in [6.07, 6.45) is 0.640. The lowest BCUT2D eigenvalue weighted by atomic mass is 9.74. The lowest BCUT2D eigenvalue weighted by Crippen LogP contribution is -2.51. The summed E-state index contributed by atoms with van der Waals surface area (Å²) in [7, 11) is 1.78. The molecule has 1 atom stereocenters. The Balaban J connectivity index is 0.00000106. The third-order valence-electron chi connectivity index (χ3n) is 3.62. The monoisotopic (exact) mass is 289 g/mol. The van der Waals surface area contributed by atoms with Gasteiger partial charge in [-0.2, -0.15) is 0 Å². The predicted molar refractivity (Wildman–Crippen MR) is 84.7 cm³/mol. The lowest BCUT2D eigenvalue weighted by Gasteiger charge is -2.32. The smallest absolute Gasteiger partial charge is 0.238 e. The third-order valence-corrected chi connectivity index (χ3v) is 3.62. The van der Waals surface area contributed by atoms with Crippen LogP contribution in [0, 0.1) is 10.8 Å². The Morgan fingerprint density at radius 1 is 1.29 bits per heavy atom. The van der Waals surface area contributed by atoms with Gasteiger partial charge >= 0.3 is 0 Å². The highest BCUT2D eigenvalue weighted by Crippen LogP contribution is 2.33. The van der Waals surface area contributed by atoms with Crippen LogP contribution in [0.15, 0.2) is 24.3 Å². The van der Waals surface area contributed by atoms with Crippen molar-refractivity contribution in [2.75, 3.05) is 12.4 Å². The van der Waals surface area contributed by atoms with E-state index in [0.717, 1.165) is 5.69 Å². The Morgan fingerprint density at radius 2 is 1.90 bits per heavy atom. The van der Waals surface area contributed by atoms with Crippen molar-refractivity contribution >= 4 is 23.2 Å². The third kappa shape index (κ3) is 3.29. The first kappa shape index (κ1) is 16.9. The highest BCUT2D eigenvalue weighted by Gasteiger charge is 2.43. The van der Waals surface area contributed by atoms with E-state index in [-0.39, 0.29) is 23.9 Å². The maximum absolute atomic E-state index is 12.0. The number of benzene rings is 1. The van der Waals surface area contributed by atoms with Gasteiger partial charge in [0, 0.05) is 24.7 Å². The molecule has 1 aromatic rings. The molecular weight excluding hydrogens is 266 g/mol. The number of rotatable bonds is 3. The summed E-state index contributed by atoms with van der Waals surface area (Å²) in [6, 6.07) is 7.37. The van der Waals surface area contributed by atoms with E-state index < -0.39 is 5.41 Å². The first-order chi connectivity index (χ1) is 9.99. The lowest BCUT2D eigenvalue weighted by molar-refractivity contribution is -0.138. The van der Waals surface area contributed by atoms with Crippen LogP contribution in [0.4, 0.5) is 5.69 Å². The summed E-state index contributed by atoms with van der Waals surface area (Å²) in [5.74, 6) is -0.656. The molecule has 0 aromatic heterocycles. The van der Waals surface area contributed by atoms with Gasteiger partial charge in [0.15, 0.2) is 0 Å². The van der Waals surface area contributed by atoms with Gasteiger partial charge in [0.25, 0.3) is 0 Å². The van der Waals surface area contributed by atoms with Crippen LogP contribution in [0.3, 0.4) is 0 Å². The highest BCUT2D eigenvalue weighted by atomic mass is 16.2. The van der Waals surface area contributed by atoms with Gasteiger partial charge in [0.1, 0.15) is 0 Å². The number of hydrogen-bond donors (Lipinski definition) is 3. The van der Waals surface area contributed by atoms with Gasteiger partial charge in [-0.15, -0.1) is 0 Å². The molecule has 1 unspecified atom stereocenters. The van der Waals surface area contributed by atoms with Crippen molar-refractivity contribution < 1.29 is 9.59 Å². The topological polar surface area (TPSA) is 82.1 Å². The number of hydrogen-bond acceptors (Lipinski definition) is 4. The summed E-state index contributed by atoms with van der Waals surface area (Å²) in [6.45, 7) is 5.71. The van der Waals surface area contributed by atoms with E-state index in [1.807, 2.05) is 38.1 Å². The molecule has 5 nitrogen and oxygen atoms in total. The van der Waals surface area contributed by atoms with Crippen molar-refractivity contribution in [3.63, 3.8) is 0 Å². The van der Waals surface area contributed by atoms with Gasteiger partial charge in [-0.3, -0.25) is 14.9 Å². The summed E-state index contributed by atoms with van der Waals surface area (Å²) in [5.41, 5.74) is 0.777. The van der Waals surface area contributed by atoms with Crippen molar-refractivity contribution in [3.05, 3.63) is 29.8 Å². The van der Waals surface area contributed by atoms with Gasteiger partial charge in [-0.1, -0.05) is 32.0 Å². The second-order valence-electron chi connectivity index (χ2n) is 4.88. The van der Waals surface area contributed by atoms with E-state index in [4.69, 9.17) is 5.41 Å². The summed E-state index contributed by atoms with van der Waals surface area (Å²) < 4.78 is 0. The molecule has 1 aliphatic heterocycles. The zero-order valence-electron chi connectivity index (χ0n) is 13.0. The molecular formula is C16H23N3O2. The van der Waals surface area contributed by atoms with Crippen LogP contribution in [-0.4, -0.2) is 24.6 Å². The number of carbonyl (C=O) groups is 2. The molecule has 0 bridgehead atoms. The molecule has 2 rings (SSSR count). The van der Waals surface area contributed by atoms with Gasteiger partial charge < -0.3 is 10.7 Å². The molecule has 1 heterocycles. The Hall–Kier alpha value is -2.17. The zero-order chi connectivity index (χ0) is 16.0. The normalized spacial score (nSPS) is 21.0. The van der Waals surface area contributed by atoms with Crippen molar-refractivity contribution in [2.45, 2.75) is 33.6 Å². The number of nitrogens with one attached hydrogen (secondary N) is 3. The van der Waals surface area contributed by atoms with Gasteiger partial charge in [0.05, 0.1) is 11.1 Å². The van der Waals surface area contributed by atoms with Crippen LogP contribution in [0.2, 0.25) is 0 Å². The van der Waals surface area contributed by atoms with E-state index >= 15 is 0 Å². The summed E-state index contributed by atoms with van der Waals surface area (Å²) >= 11 is 0. The number of carbonyl (C=O) groups excluding carboxylic acids is 2. The number of para-hydroxylation sites is 1. The molecule has 3 N–H and O–H groups in total. The second-order valence-corrected chi connectivity index (χ2v) is 4.88. The van der Waals surface area contributed by atoms with Gasteiger partial charge in [-0.25, -0.2) is 0 Å². The van der Waals surface area contributed by atoms with Crippen LogP contribution >= 0.6 is 0 Å². The van der Waals surface area contributed by atoms with Crippen LogP contribution in [0.1, 0.15) is 39.2 Å². The molecule has 0 radical (unpaired) electrons. The van der Waals surface area contributed by atoms with E-state index in [1.54, 1.807) is 14.0 Å². The van der Waals surface area contributed by atoms with Crippen LogP contribution < -0.4 is 10.6 Å². The Morgan fingerprint density at radius 3 is 2.48 bits per heavy atom. The number of anilines is 1. The standard InChI is InChI=1S/C14H17N3O2.C2H6/c1-14(8-7-11(18)17-13(14)19)12(15)9-5-3-4-6-10(9)16-2;1-2/h3-6,15-16H,7-8H2,1-2H3,(H,17,18,19);1-2H3. The SMILES string of the molecule is CC.CNc1ccccc1C(=N)C1(C)CCC(=O)NC1=O. The first-order valence-corrected chi connectivity index (χ1v) is 7.19. The fourth-order valence-corrected chi connectivity index (χ4v) is 2.26. The maximum Gasteiger partial charge on any atom is 0.238 e. The molecule has 0 spiro atoms. The molecule has 1 aromatic carbocycles. The average molecular weight is 289 g/mol. The van der Waals surface area contributed by atoms with Crippen molar-refractivity contribution in [2.24, 2.45) is 5.41 Å². The Kier molecular flexibility index (Phi) is 5.64. The summed E-state index contributed by atoms with van der Waals surface area (Å²) in [5, 5.41) is 13.7. The zero-order valence-corrected chi connectivity index (χ0v) is 13.0. The number of amides is 2. The minimum atomic E-state index is -0.957. The van der Waals surface area contributed by atoms with Gasteiger partial charge in [0.2, 0.25) is 11.8 Å². The van der Waals surface area contributed by atoms with Gasteiger partial charge in [-0.05, 0) is 19.4 Å². The molecule has 1 fully saturated rings. The highest BCUT2D eigenvalue weighted by molar-refractivity contribution is 6.20. The van der Waals surface area contributed by atoms with Crippen LogP contribution in [0.25, 0.3) is 0 Å². The second kappa shape index (κ2) is 7.02. The van der Waals surface area contributed by atoms with E-state index in [2.05, 4.69) is 10.6 Å². The quantitative estimate of drug-likeness (QED) is 0.591. The first-order valence-electron chi connectivity index (χ1n) is 7.19. The summed E-state index contributed by atoms with van der Waals surface area (Å²) in [4.78, 5) is 23.3.